The predicted octanol–water partition coefficient (Wildman–Crippen LogP) is 4.06. The zero-order chi connectivity index (χ0) is 22.9. The lowest BCUT2D eigenvalue weighted by Crippen LogP contribution is -2.47. The van der Waals surface area contributed by atoms with E-state index in [-0.39, 0.29) is 17.7 Å². The van der Waals surface area contributed by atoms with Crippen LogP contribution in [-0.4, -0.2) is 34.4 Å². The van der Waals surface area contributed by atoms with E-state index in [0.29, 0.717) is 35.2 Å². The maximum atomic E-state index is 12.9. The van der Waals surface area contributed by atoms with Crippen molar-refractivity contribution in [1.29, 1.82) is 0 Å². The van der Waals surface area contributed by atoms with E-state index >= 15 is 0 Å². The predicted molar refractivity (Wildman–Crippen MR) is 121 cm³/mol. The number of carbonyl (C=O) groups excluding carboxylic acids is 2. The van der Waals surface area contributed by atoms with E-state index in [9.17, 15) is 9.59 Å². The van der Waals surface area contributed by atoms with Crippen molar-refractivity contribution < 1.29 is 19.1 Å². The van der Waals surface area contributed by atoms with Gasteiger partial charge in [-0.05, 0) is 49.2 Å². The molecular formula is C24H26N4O4. The third kappa shape index (κ3) is 6.28. The first-order valence-corrected chi connectivity index (χ1v) is 10.3. The van der Waals surface area contributed by atoms with Gasteiger partial charge in [-0.2, -0.15) is 0 Å². The number of hydrogen-bond acceptors (Lipinski definition) is 6. The number of rotatable bonds is 9. The Morgan fingerprint density at radius 1 is 1.03 bits per heavy atom. The molecular weight excluding hydrogens is 408 g/mol. The van der Waals surface area contributed by atoms with Crippen LogP contribution < -0.4 is 20.1 Å². The van der Waals surface area contributed by atoms with Gasteiger partial charge in [0.1, 0.15) is 17.5 Å². The summed E-state index contributed by atoms with van der Waals surface area (Å²) in [7, 11) is 0. The minimum absolute atomic E-state index is 0.124. The summed E-state index contributed by atoms with van der Waals surface area (Å²) in [6.07, 6.45) is 4.58. The van der Waals surface area contributed by atoms with E-state index in [1.165, 1.54) is 12.4 Å². The lowest BCUT2D eigenvalue weighted by molar-refractivity contribution is -0.118. The van der Waals surface area contributed by atoms with E-state index in [4.69, 9.17) is 9.47 Å². The average molecular weight is 434 g/mol. The summed E-state index contributed by atoms with van der Waals surface area (Å²) in [5.74, 6) is 0.755. The van der Waals surface area contributed by atoms with E-state index in [0.717, 1.165) is 0 Å². The van der Waals surface area contributed by atoms with Crippen LogP contribution in [0.15, 0.2) is 67.1 Å². The number of ether oxygens (including phenoxy) is 2. The second-order valence-corrected chi connectivity index (χ2v) is 7.32. The van der Waals surface area contributed by atoms with Gasteiger partial charge in [-0.1, -0.05) is 19.9 Å². The first-order chi connectivity index (χ1) is 15.5. The van der Waals surface area contributed by atoms with Crippen LogP contribution in [0.3, 0.4) is 0 Å². The van der Waals surface area contributed by atoms with Gasteiger partial charge in [-0.3, -0.25) is 14.6 Å². The van der Waals surface area contributed by atoms with Crippen molar-refractivity contribution >= 4 is 17.5 Å². The molecule has 2 N–H and O–H groups in total. The normalized spacial score (nSPS) is 11.5. The van der Waals surface area contributed by atoms with Crippen LogP contribution >= 0.6 is 0 Å². The molecule has 2 aromatic carbocycles. The largest absolute Gasteiger partial charge is 0.494 e. The summed E-state index contributed by atoms with van der Waals surface area (Å²) in [6, 6.07) is 13.0. The number of carbonyl (C=O) groups is 2. The van der Waals surface area contributed by atoms with E-state index in [1.807, 2.05) is 20.8 Å². The van der Waals surface area contributed by atoms with Crippen molar-refractivity contribution in [1.82, 2.24) is 15.3 Å². The highest BCUT2D eigenvalue weighted by molar-refractivity contribution is 6.01. The van der Waals surface area contributed by atoms with Crippen LogP contribution in [-0.2, 0) is 4.79 Å². The third-order valence-corrected chi connectivity index (χ3v) is 4.53. The fourth-order valence-corrected chi connectivity index (χ4v) is 2.94. The van der Waals surface area contributed by atoms with E-state index in [1.54, 1.807) is 54.7 Å². The van der Waals surface area contributed by atoms with Gasteiger partial charge in [-0.25, -0.2) is 4.98 Å². The smallest absolute Gasteiger partial charge is 0.251 e. The molecule has 0 saturated heterocycles. The molecule has 0 fully saturated rings. The van der Waals surface area contributed by atoms with E-state index < -0.39 is 6.04 Å². The molecule has 0 aliphatic rings. The molecule has 32 heavy (non-hydrogen) atoms. The highest BCUT2D eigenvalue weighted by Crippen LogP contribution is 2.22. The van der Waals surface area contributed by atoms with Gasteiger partial charge in [0.05, 0.1) is 12.8 Å². The molecule has 8 heteroatoms. The van der Waals surface area contributed by atoms with Crippen LogP contribution in [0.1, 0.15) is 31.1 Å². The summed E-state index contributed by atoms with van der Waals surface area (Å²) in [5, 5.41) is 5.66. The standard InChI is InChI=1S/C24H26N4O4/c1-4-31-19-10-8-17(9-11-19)23(29)28-22(16(2)3)24(30)27-18-6-5-7-20(14-18)32-21-15-25-12-13-26-21/h5-16,22H,4H2,1-3H3,(H,27,30)(H,28,29). The molecule has 3 rings (SSSR count). The van der Waals surface area contributed by atoms with Crippen molar-refractivity contribution in [3.63, 3.8) is 0 Å². The quantitative estimate of drug-likeness (QED) is 0.527. The fraction of sp³-hybridized carbons (Fsp3) is 0.250. The molecule has 166 valence electrons. The molecule has 0 aliphatic carbocycles. The Hall–Kier alpha value is -3.94. The molecule has 8 nitrogen and oxygen atoms in total. The Morgan fingerprint density at radius 3 is 2.47 bits per heavy atom. The van der Waals surface area contributed by atoms with Crippen molar-refractivity contribution in [3.05, 3.63) is 72.7 Å². The Kier molecular flexibility index (Phi) is 7.75. The molecule has 0 aliphatic heterocycles. The Balaban J connectivity index is 1.66. The van der Waals surface area contributed by atoms with Crippen LogP contribution in [0.25, 0.3) is 0 Å². The zero-order valence-electron chi connectivity index (χ0n) is 18.2. The number of anilines is 1. The van der Waals surface area contributed by atoms with Crippen molar-refractivity contribution in [2.75, 3.05) is 11.9 Å². The van der Waals surface area contributed by atoms with Crippen LogP contribution in [0.2, 0.25) is 0 Å². The molecule has 1 heterocycles. The maximum absolute atomic E-state index is 12.9. The Bertz CT molecular complexity index is 1040. The average Bonchev–Trinajstić information content (AvgIpc) is 2.78. The maximum Gasteiger partial charge on any atom is 0.251 e. The third-order valence-electron chi connectivity index (χ3n) is 4.53. The number of aromatic nitrogens is 2. The summed E-state index contributed by atoms with van der Waals surface area (Å²) >= 11 is 0. The second kappa shape index (κ2) is 10.9. The molecule has 0 spiro atoms. The first kappa shape index (κ1) is 22.7. The van der Waals surface area contributed by atoms with Gasteiger partial charge < -0.3 is 20.1 Å². The topological polar surface area (TPSA) is 102 Å². The summed E-state index contributed by atoms with van der Waals surface area (Å²) in [6.45, 7) is 6.18. The highest BCUT2D eigenvalue weighted by atomic mass is 16.5. The highest BCUT2D eigenvalue weighted by Gasteiger charge is 2.25. The van der Waals surface area contributed by atoms with E-state index in [2.05, 4.69) is 20.6 Å². The molecule has 0 radical (unpaired) electrons. The molecule has 3 aromatic rings. The molecule has 1 unspecified atom stereocenters. The van der Waals surface area contributed by atoms with Crippen LogP contribution in [0, 0.1) is 5.92 Å². The number of benzene rings is 2. The minimum Gasteiger partial charge on any atom is -0.494 e. The van der Waals surface area contributed by atoms with Crippen molar-refractivity contribution in [2.45, 2.75) is 26.8 Å². The molecule has 0 saturated carbocycles. The fourth-order valence-electron chi connectivity index (χ4n) is 2.94. The van der Waals surface area contributed by atoms with Gasteiger partial charge in [0.25, 0.3) is 5.91 Å². The van der Waals surface area contributed by atoms with Gasteiger partial charge >= 0.3 is 0 Å². The molecule has 1 atom stereocenters. The van der Waals surface area contributed by atoms with Gasteiger partial charge in [0, 0.05) is 29.7 Å². The van der Waals surface area contributed by atoms with Gasteiger partial charge in [0.15, 0.2) is 0 Å². The summed E-state index contributed by atoms with van der Waals surface area (Å²) < 4.78 is 11.1. The van der Waals surface area contributed by atoms with Crippen molar-refractivity contribution in [2.24, 2.45) is 5.92 Å². The SMILES string of the molecule is CCOc1ccc(C(=O)NC(C(=O)Nc2cccc(Oc3cnccn3)c2)C(C)C)cc1. The zero-order valence-corrected chi connectivity index (χ0v) is 18.2. The minimum atomic E-state index is -0.723. The molecule has 2 amide bonds. The number of amides is 2. The lowest BCUT2D eigenvalue weighted by atomic mass is 10.0. The van der Waals surface area contributed by atoms with Crippen LogP contribution in [0.4, 0.5) is 5.69 Å². The second-order valence-electron chi connectivity index (χ2n) is 7.32. The molecule has 1 aromatic heterocycles. The Morgan fingerprint density at radius 2 is 1.81 bits per heavy atom. The van der Waals surface area contributed by atoms with Gasteiger partial charge in [-0.15, -0.1) is 0 Å². The van der Waals surface area contributed by atoms with Crippen molar-refractivity contribution in [3.8, 4) is 17.4 Å². The lowest BCUT2D eigenvalue weighted by Gasteiger charge is -2.22. The number of nitrogens with one attached hydrogen (secondary N) is 2. The number of nitrogens with zero attached hydrogens (tertiary/aromatic N) is 2. The molecule has 0 bridgehead atoms. The Labute approximate surface area is 187 Å². The van der Waals surface area contributed by atoms with Crippen LogP contribution in [0.5, 0.6) is 17.4 Å². The summed E-state index contributed by atoms with van der Waals surface area (Å²) in [4.78, 5) is 33.6. The summed E-state index contributed by atoms with van der Waals surface area (Å²) in [5.41, 5.74) is 0.989. The van der Waals surface area contributed by atoms with Gasteiger partial charge in [0.2, 0.25) is 11.8 Å². The number of hydrogen-bond donors (Lipinski definition) is 2. The first-order valence-electron chi connectivity index (χ1n) is 10.3. The monoisotopic (exact) mass is 434 g/mol.